The second-order valence-electron chi connectivity index (χ2n) is 4.25. The summed E-state index contributed by atoms with van der Waals surface area (Å²) in [5.74, 6) is 0. The number of benzene rings is 1. The molecule has 0 aliphatic rings. The first kappa shape index (κ1) is 13.1. The molecule has 5 heteroatoms. The SMILES string of the molecule is CC(C)NC(=S)Nc1ccc(Cl)c2cccnc12. The van der Waals surface area contributed by atoms with E-state index in [-0.39, 0.29) is 6.04 Å². The number of aromatic nitrogens is 1. The molecule has 2 rings (SSSR count). The number of thiocarbonyl (C=S) groups is 1. The molecule has 2 aromatic rings. The monoisotopic (exact) mass is 279 g/mol. The number of hydrogen-bond donors (Lipinski definition) is 2. The number of fused-ring (bicyclic) bond motifs is 1. The van der Waals surface area contributed by atoms with Crippen molar-refractivity contribution in [3.63, 3.8) is 0 Å². The van der Waals surface area contributed by atoms with Crippen molar-refractivity contribution >= 4 is 45.5 Å². The van der Waals surface area contributed by atoms with Crippen molar-refractivity contribution in [1.29, 1.82) is 0 Å². The van der Waals surface area contributed by atoms with Crippen LogP contribution in [0.5, 0.6) is 0 Å². The van der Waals surface area contributed by atoms with E-state index < -0.39 is 0 Å². The molecule has 18 heavy (non-hydrogen) atoms. The van der Waals surface area contributed by atoms with Gasteiger partial charge < -0.3 is 10.6 Å². The minimum atomic E-state index is 0.288. The van der Waals surface area contributed by atoms with Crippen LogP contribution in [-0.4, -0.2) is 16.1 Å². The smallest absolute Gasteiger partial charge is 0.171 e. The lowest BCUT2D eigenvalue weighted by Crippen LogP contribution is -2.33. The zero-order valence-electron chi connectivity index (χ0n) is 10.2. The molecule has 0 fully saturated rings. The Hall–Kier alpha value is -1.39. The number of hydrogen-bond acceptors (Lipinski definition) is 2. The van der Waals surface area contributed by atoms with E-state index in [0.717, 1.165) is 16.6 Å². The van der Waals surface area contributed by atoms with Crippen LogP contribution in [0.2, 0.25) is 5.02 Å². The zero-order valence-corrected chi connectivity index (χ0v) is 11.8. The highest BCUT2D eigenvalue weighted by molar-refractivity contribution is 7.80. The fourth-order valence-electron chi connectivity index (χ4n) is 1.66. The summed E-state index contributed by atoms with van der Waals surface area (Å²) in [4.78, 5) is 4.34. The molecule has 1 aromatic heterocycles. The molecule has 0 saturated carbocycles. The molecule has 0 spiro atoms. The van der Waals surface area contributed by atoms with E-state index in [2.05, 4.69) is 15.6 Å². The standard InChI is InChI=1S/C13H14ClN3S/c1-8(2)16-13(18)17-11-6-5-10(14)9-4-3-7-15-12(9)11/h3-8H,1-2H3,(H2,16,17,18). The number of halogens is 1. The molecule has 94 valence electrons. The van der Waals surface area contributed by atoms with Gasteiger partial charge in [-0.05, 0) is 50.3 Å². The number of anilines is 1. The van der Waals surface area contributed by atoms with Gasteiger partial charge >= 0.3 is 0 Å². The van der Waals surface area contributed by atoms with E-state index in [1.54, 1.807) is 6.20 Å². The Morgan fingerprint density at radius 3 is 2.83 bits per heavy atom. The van der Waals surface area contributed by atoms with Crippen LogP contribution in [0.25, 0.3) is 10.9 Å². The van der Waals surface area contributed by atoms with Gasteiger partial charge in [0, 0.05) is 17.6 Å². The molecule has 0 radical (unpaired) electrons. The van der Waals surface area contributed by atoms with Gasteiger partial charge in [-0.3, -0.25) is 4.98 Å². The van der Waals surface area contributed by atoms with Crippen molar-refractivity contribution in [1.82, 2.24) is 10.3 Å². The van der Waals surface area contributed by atoms with E-state index in [0.29, 0.717) is 10.1 Å². The Balaban J connectivity index is 2.34. The molecule has 0 bridgehead atoms. The van der Waals surface area contributed by atoms with Gasteiger partial charge in [-0.1, -0.05) is 11.6 Å². The first-order valence-corrected chi connectivity index (χ1v) is 6.47. The summed E-state index contributed by atoms with van der Waals surface area (Å²) in [6.45, 7) is 4.07. The molecule has 0 aliphatic carbocycles. The summed E-state index contributed by atoms with van der Waals surface area (Å²) in [6.07, 6.45) is 1.74. The van der Waals surface area contributed by atoms with Crippen LogP contribution in [0.3, 0.4) is 0 Å². The van der Waals surface area contributed by atoms with Crippen molar-refractivity contribution in [2.45, 2.75) is 19.9 Å². The van der Waals surface area contributed by atoms with Crippen LogP contribution in [0, 0.1) is 0 Å². The molecule has 0 aliphatic heterocycles. The highest BCUT2D eigenvalue weighted by Gasteiger charge is 2.07. The first-order valence-electron chi connectivity index (χ1n) is 5.68. The van der Waals surface area contributed by atoms with Gasteiger partial charge in [0.15, 0.2) is 5.11 Å². The third kappa shape index (κ3) is 2.89. The van der Waals surface area contributed by atoms with Crippen LogP contribution < -0.4 is 10.6 Å². The highest BCUT2D eigenvalue weighted by Crippen LogP contribution is 2.27. The van der Waals surface area contributed by atoms with Crippen molar-refractivity contribution in [2.24, 2.45) is 0 Å². The van der Waals surface area contributed by atoms with Crippen molar-refractivity contribution in [3.05, 3.63) is 35.5 Å². The third-order valence-corrected chi connectivity index (χ3v) is 2.93. The predicted molar refractivity (Wildman–Crippen MR) is 81.2 cm³/mol. The van der Waals surface area contributed by atoms with Crippen molar-refractivity contribution in [3.8, 4) is 0 Å². The summed E-state index contributed by atoms with van der Waals surface area (Å²) < 4.78 is 0. The van der Waals surface area contributed by atoms with Crippen LogP contribution in [0.1, 0.15) is 13.8 Å². The Kier molecular flexibility index (Phi) is 3.99. The molecule has 0 unspecified atom stereocenters. The maximum absolute atomic E-state index is 6.13. The van der Waals surface area contributed by atoms with Gasteiger partial charge in [0.2, 0.25) is 0 Å². The summed E-state index contributed by atoms with van der Waals surface area (Å²) in [5, 5.41) is 8.46. The van der Waals surface area contributed by atoms with E-state index in [1.165, 1.54) is 0 Å². The summed E-state index contributed by atoms with van der Waals surface area (Å²) in [7, 11) is 0. The van der Waals surface area contributed by atoms with Gasteiger partial charge in [0.05, 0.1) is 16.2 Å². The summed E-state index contributed by atoms with van der Waals surface area (Å²) in [5.41, 5.74) is 1.67. The van der Waals surface area contributed by atoms with Gasteiger partial charge in [-0.25, -0.2) is 0 Å². The molecule has 1 aromatic carbocycles. The normalized spacial score (nSPS) is 10.7. The lowest BCUT2D eigenvalue weighted by molar-refractivity contribution is 0.739. The summed E-state index contributed by atoms with van der Waals surface area (Å²) >= 11 is 11.4. The van der Waals surface area contributed by atoms with Crippen LogP contribution >= 0.6 is 23.8 Å². The first-order chi connectivity index (χ1) is 8.58. The molecule has 1 heterocycles. The van der Waals surface area contributed by atoms with Crippen LogP contribution in [0.15, 0.2) is 30.5 Å². The van der Waals surface area contributed by atoms with Crippen LogP contribution in [-0.2, 0) is 0 Å². The lowest BCUT2D eigenvalue weighted by Gasteiger charge is -2.14. The molecular formula is C13H14ClN3S. The molecule has 0 amide bonds. The van der Waals surface area contributed by atoms with Gasteiger partial charge in [0.25, 0.3) is 0 Å². The Bertz CT molecular complexity index is 583. The maximum Gasteiger partial charge on any atom is 0.171 e. The fourth-order valence-corrected chi connectivity index (χ4v) is 2.22. The van der Waals surface area contributed by atoms with Gasteiger partial charge in [0.1, 0.15) is 0 Å². The number of nitrogens with zero attached hydrogens (tertiary/aromatic N) is 1. The quantitative estimate of drug-likeness (QED) is 0.824. The van der Waals surface area contributed by atoms with E-state index in [1.807, 2.05) is 38.1 Å². The molecular weight excluding hydrogens is 266 g/mol. The molecule has 2 N–H and O–H groups in total. The second kappa shape index (κ2) is 5.50. The van der Waals surface area contributed by atoms with E-state index in [9.17, 15) is 0 Å². The third-order valence-electron chi connectivity index (χ3n) is 2.38. The summed E-state index contributed by atoms with van der Waals surface area (Å²) in [6, 6.07) is 7.81. The number of pyridine rings is 1. The molecule has 0 atom stereocenters. The lowest BCUT2D eigenvalue weighted by atomic mass is 10.2. The average Bonchev–Trinajstić information content (AvgIpc) is 2.32. The minimum Gasteiger partial charge on any atom is -0.360 e. The Morgan fingerprint density at radius 2 is 2.11 bits per heavy atom. The Morgan fingerprint density at radius 1 is 1.33 bits per heavy atom. The zero-order chi connectivity index (χ0) is 13.1. The fraction of sp³-hybridized carbons (Fsp3) is 0.231. The maximum atomic E-state index is 6.13. The highest BCUT2D eigenvalue weighted by atomic mass is 35.5. The molecule has 3 nitrogen and oxygen atoms in total. The van der Waals surface area contributed by atoms with E-state index >= 15 is 0 Å². The van der Waals surface area contributed by atoms with Crippen molar-refractivity contribution < 1.29 is 0 Å². The largest absolute Gasteiger partial charge is 0.360 e. The Labute approximate surface area is 117 Å². The second-order valence-corrected chi connectivity index (χ2v) is 5.06. The topological polar surface area (TPSA) is 37.0 Å². The van der Waals surface area contributed by atoms with Crippen molar-refractivity contribution in [2.75, 3.05) is 5.32 Å². The molecule has 0 saturated heterocycles. The number of rotatable bonds is 2. The predicted octanol–water partition coefficient (Wildman–Crippen LogP) is 3.58. The minimum absolute atomic E-state index is 0.288. The van der Waals surface area contributed by atoms with Gasteiger partial charge in [-0.15, -0.1) is 0 Å². The van der Waals surface area contributed by atoms with E-state index in [4.69, 9.17) is 23.8 Å². The van der Waals surface area contributed by atoms with Crippen LogP contribution in [0.4, 0.5) is 5.69 Å². The van der Waals surface area contributed by atoms with Gasteiger partial charge in [-0.2, -0.15) is 0 Å². The number of nitrogens with one attached hydrogen (secondary N) is 2. The average molecular weight is 280 g/mol.